The molecule has 130 valence electrons. The molecule has 1 amide bonds. The fourth-order valence-electron chi connectivity index (χ4n) is 3.00. The topological polar surface area (TPSA) is 41.6 Å². The number of carbonyl (C=O) groups is 1. The Hall–Kier alpha value is -1.26. The van der Waals surface area contributed by atoms with E-state index in [0.29, 0.717) is 6.61 Å². The molecule has 0 saturated carbocycles. The number of aryl methyl sites for hydroxylation is 1. The highest BCUT2D eigenvalue weighted by molar-refractivity contribution is 5.94. The first kappa shape index (κ1) is 19.8. The van der Waals surface area contributed by atoms with Gasteiger partial charge in [-0.1, -0.05) is 6.07 Å². The van der Waals surface area contributed by atoms with Crippen molar-refractivity contribution in [2.24, 2.45) is 5.92 Å². The minimum Gasteiger partial charge on any atom is -0.494 e. The zero-order valence-corrected chi connectivity index (χ0v) is 15.2. The Morgan fingerprint density at radius 3 is 2.65 bits per heavy atom. The molecular weight excluding hydrogens is 312 g/mol. The molecule has 4 nitrogen and oxygen atoms in total. The number of carbonyl (C=O) groups excluding carboxylic acids is 1. The maximum absolute atomic E-state index is 12.6. The van der Waals surface area contributed by atoms with Gasteiger partial charge in [0.05, 0.1) is 6.61 Å². The van der Waals surface area contributed by atoms with E-state index in [1.165, 1.54) is 6.42 Å². The molecule has 1 N–H and O–H groups in total. The second-order valence-corrected chi connectivity index (χ2v) is 6.04. The second kappa shape index (κ2) is 9.78. The van der Waals surface area contributed by atoms with E-state index in [-0.39, 0.29) is 18.3 Å². The molecule has 1 heterocycles. The van der Waals surface area contributed by atoms with Crippen molar-refractivity contribution in [1.82, 2.24) is 10.2 Å². The van der Waals surface area contributed by atoms with Gasteiger partial charge in [0.25, 0.3) is 5.91 Å². The van der Waals surface area contributed by atoms with Crippen LogP contribution in [0.25, 0.3) is 0 Å². The first-order valence-corrected chi connectivity index (χ1v) is 8.33. The average Bonchev–Trinajstić information content (AvgIpc) is 2.55. The average molecular weight is 341 g/mol. The van der Waals surface area contributed by atoms with E-state index in [2.05, 4.69) is 5.32 Å². The van der Waals surface area contributed by atoms with Crippen LogP contribution in [-0.2, 0) is 0 Å². The van der Waals surface area contributed by atoms with Crippen molar-refractivity contribution in [3.63, 3.8) is 0 Å². The van der Waals surface area contributed by atoms with Gasteiger partial charge in [-0.15, -0.1) is 12.4 Å². The molecule has 1 aromatic carbocycles. The molecule has 1 aliphatic heterocycles. The Kier molecular flexibility index (Phi) is 8.42. The van der Waals surface area contributed by atoms with E-state index in [4.69, 9.17) is 4.74 Å². The maximum Gasteiger partial charge on any atom is 0.253 e. The lowest BCUT2D eigenvalue weighted by Crippen LogP contribution is -2.39. The summed E-state index contributed by atoms with van der Waals surface area (Å²) in [6.45, 7) is 7.39. The first-order valence-electron chi connectivity index (χ1n) is 8.33. The van der Waals surface area contributed by atoms with Crippen LogP contribution in [0.5, 0.6) is 5.75 Å². The molecule has 5 heteroatoms. The Morgan fingerprint density at radius 2 is 2.04 bits per heavy atom. The van der Waals surface area contributed by atoms with Crippen molar-refractivity contribution in [3.8, 4) is 5.75 Å². The lowest BCUT2D eigenvalue weighted by Gasteiger charge is -2.32. The zero-order chi connectivity index (χ0) is 15.9. The summed E-state index contributed by atoms with van der Waals surface area (Å²) >= 11 is 0. The minimum atomic E-state index is 0. The number of nitrogens with zero attached hydrogens (tertiary/aromatic N) is 1. The largest absolute Gasteiger partial charge is 0.494 e. The maximum atomic E-state index is 12.6. The van der Waals surface area contributed by atoms with Crippen molar-refractivity contribution in [2.75, 3.05) is 33.3 Å². The van der Waals surface area contributed by atoms with Gasteiger partial charge in [0.2, 0.25) is 0 Å². The van der Waals surface area contributed by atoms with E-state index < -0.39 is 0 Å². The zero-order valence-electron chi connectivity index (χ0n) is 14.4. The van der Waals surface area contributed by atoms with Gasteiger partial charge in [-0.2, -0.15) is 0 Å². The Bertz CT molecular complexity index is 500. The lowest BCUT2D eigenvalue weighted by molar-refractivity contribution is 0.0686. The standard InChI is InChI=1S/C18H28N2O2.ClH/c1-4-22-17-13-16(6-5-14(17)2)18(21)20-11-8-15(9-12-20)7-10-19-3;/h5-6,13,15,19H,4,7-12H2,1-3H3;1H. The van der Waals surface area contributed by atoms with Gasteiger partial charge in [-0.05, 0) is 70.3 Å². The summed E-state index contributed by atoms with van der Waals surface area (Å²) in [5.74, 6) is 1.69. The van der Waals surface area contributed by atoms with E-state index in [1.54, 1.807) is 0 Å². The number of hydrogen-bond acceptors (Lipinski definition) is 3. The van der Waals surface area contributed by atoms with Crippen molar-refractivity contribution < 1.29 is 9.53 Å². The Balaban J connectivity index is 0.00000264. The summed E-state index contributed by atoms with van der Waals surface area (Å²) in [4.78, 5) is 14.6. The molecule has 1 saturated heterocycles. The molecule has 0 radical (unpaired) electrons. The monoisotopic (exact) mass is 340 g/mol. The molecule has 0 unspecified atom stereocenters. The Labute approximate surface area is 146 Å². The predicted molar refractivity (Wildman–Crippen MR) is 96.8 cm³/mol. The molecule has 0 aromatic heterocycles. The summed E-state index contributed by atoms with van der Waals surface area (Å²) in [5, 5.41) is 3.20. The Morgan fingerprint density at radius 1 is 1.35 bits per heavy atom. The van der Waals surface area contributed by atoms with Crippen molar-refractivity contribution in [1.29, 1.82) is 0 Å². The van der Waals surface area contributed by atoms with Crippen LogP contribution in [-0.4, -0.2) is 44.1 Å². The van der Waals surface area contributed by atoms with Crippen LogP contribution in [0.4, 0.5) is 0 Å². The summed E-state index contributed by atoms with van der Waals surface area (Å²) in [5.41, 5.74) is 1.81. The van der Waals surface area contributed by atoms with Crippen molar-refractivity contribution in [2.45, 2.75) is 33.1 Å². The normalized spacial score (nSPS) is 15.2. The van der Waals surface area contributed by atoms with Crippen LogP contribution in [0.3, 0.4) is 0 Å². The van der Waals surface area contributed by atoms with E-state index in [9.17, 15) is 4.79 Å². The fourth-order valence-corrected chi connectivity index (χ4v) is 3.00. The molecule has 2 rings (SSSR count). The van der Waals surface area contributed by atoms with Crippen molar-refractivity contribution in [3.05, 3.63) is 29.3 Å². The summed E-state index contributed by atoms with van der Waals surface area (Å²) < 4.78 is 5.60. The molecule has 1 fully saturated rings. The van der Waals surface area contributed by atoms with Gasteiger partial charge in [0.1, 0.15) is 5.75 Å². The predicted octanol–water partition coefficient (Wildman–Crippen LogP) is 3.28. The quantitative estimate of drug-likeness (QED) is 0.864. The SMILES string of the molecule is CCOc1cc(C(=O)N2CCC(CCNC)CC2)ccc1C.Cl. The molecule has 0 spiro atoms. The van der Waals surface area contributed by atoms with Gasteiger partial charge in [0, 0.05) is 18.7 Å². The van der Waals surface area contributed by atoms with Gasteiger partial charge >= 0.3 is 0 Å². The van der Waals surface area contributed by atoms with Crippen molar-refractivity contribution >= 4 is 18.3 Å². The minimum absolute atomic E-state index is 0. The van der Waals surface area contributed by atoms with Gasteiger partial charge in [-0.25, -0.2) is 0 Å². The molecule has 0 bridgehead atoms. The van der Waals surface area contributed by atoms with Crippen LogP contribution in [0.1, 0.15) is 42.1 Å². The highest BCUT2D eigenvalue weighted by Crippen LogP contribution is 2.24. The van der Waals surface area contributed by atoms with Crippen LogP contribution in [0.15, 0.2) is 18.2 Å². The third-order valence-electron chi connectivity index (χ3n) is 4.44. The summed E-state index contributed by atoms with van der Waals surface area (Å²) in [7, 11) is 1.99. The number of hydrogen-bond donors (Lipinski definition) is 1. The molecule has 0 atom stereocenters. The highest BCUT2D eigenvalue weighted by Gasteiger charge is 2.23. The smallest absolute Gasteiger partial charge is 0.253 e. The molecule has 23 heavy (non-hydrogen) atoms. The van der Waals surface area contributed by atoms with E-state index in [0.717, 1.165) is 55.3 Å². The molecule has 1 aromatic rings. The number of halogens is 1. The van der Waals surface area contributed by atoms with Crippen LogP contribution >= 0.6 is 12.4 Å². The molecular formula is C18H29ClN2O2. The number of likely N-dealkylation sites (tertiary alicyclic amines) is 1. The highest BCUT2D eigenvalue weighted by atomic mass is 35.5. The number of rotatable bonds is 6. The van der Waals surface area contributed by atoms with Gasteiger partial charge in [0.15, 0.2) is 0 Å². The number of ether oxygens (including phenoxy) is 1. The van der Waals surface area contributed by atoms with E-state index in [1.807, 2.05) is 44.0 Å². The number of amides is 1. The van der Waals surface area contributed by atoms with E-state index >= 15 is 0 Å². The second-order valence-electron chi connectivity index (χ2n) is 6.04. The first-order chi connectivity index (χ1) is 10.7. The number of nitrogens with one attached hydrogen (secondary N) is 1. The summed E-state index contributed by atoms with van der Waals surface area (Å²) in [6, 6.07) is 5.76. The van der Waals surface area contributed by atoms with Gasteiger partial charge < -0.3 is 15.0 Å². The number of benzene rings is 1. The molecule has 0 aliphatic carbocycles. The van der Waals surface area contributed by atoms with Gasteiger partial charge in [-0.3, -0.25) is 4.79 Å². The van der Waals surface area contributed by atoms with Crippen LogP contribution < -0.4 is 10.1 Å². The third kappa shape index (κ3) is 5.40. The van der Waals surface area contributed by atoms with Crippen LogP contribution in [0, 0.1) is 12.8 Å². The fraction of sp³-hybridized carbons (Fsp3) is 0.611. The van der Waals surface area contributed by atoms with Crippen LogP contribution in [0.2, 0.25) is 0 Å². The lowest BCUT2D eigenvalue weighted by atomic mass is 9.93. The number of piperidine rings is 1. The molecule has 1 aliphatic rings. The summed E-state index contributed by atoms with van der Waals surface area (Å²) in [6.07, 6.45) is 3.42. The third-order valence-corrected chi connectivity index (χ3v) is 4.44.